The van der Waals surface area contributed by atoms with Gasteiger partial charge in [-0.1, -0.05) is 25.1 Å². The van der Waals surface area contributed by atoms with Gasteiger partial charge in [0.2, 0.25) is 15.0 Å². The van der Waals surface area contributed by atoms with E-state index in [1.807, 2.05) is 31.2 Å². The average molecular weight is 250 g/mol. The zero-order valence-corrected chi connectivity index (χ0v) is 10.6. The van der Waals surface area contributed by atoms with Crippen LogP contribution in [0, 0.1) is 6.92 Å². The molecule has 1 heterocycles. The number of benzene rings is 1. The topological polar surface area (TPSA) is 52.0 Å². The minimum Gasteiger partial charge on any atom is -0.290 e. The number of nitrogens with zero attached hydrogens (tertiary/aromatic N) is 2. The second kappa shape index (κ2) is 4.33. The highest BCUT2D eigenvalue weighted by Gasteiger charge is 2.19. The van der Waals surface area contributed by atoms with E-state index in [4.69, 9.17) is 0 Å². The van der Waals surface area contributed by atoms with E-state index in [-0.39, 0.29) is 10.9 Å². The van der Waals surface area contributed by atoms with Gasteiger partial charge < -0.3 is 0 Å². The fraction of sp³-hybridized carbons (Fsp3) is 0.250. The Morgan fingerprint density at radius 1 is 1.29 bits per heavy atom. The summed E-state index contributed by atoms with van der Waals surface area (Å²) in [5.41, 5.74) is 1.86. The second-order valence-electron chi connectivity index (χ2n) is 3.77. The van der Waals surface area contributed by atoms with Gasteiger partial charge in [0.05, 0.1) is 11.4 Å². The summed E-state index contributed by atoms with van der Waals surface area (Å²) < 4.78 is 25.4. The Morgan fingerprint density at radius 3 is 2.65 bits per heavy atom. The van der Waals surface area contributed by atoms with Crippen LogP contribution in [0.1, 0.15) is 12.5 Å². The second-order valence-corrected chi connectivity index (χ2v) is 5.94. The van der Waals surface area contributed by atoms with Crippen molar-refractivity contribution in [2.45, 2.75) is 19.0 Å². The van der Waals surface area contributed by atoms with E-state index in [9.17, 15) is 8.42 Å². The van der Waals surface area contributed by atoms with Crippen molar-refractivity contribution in [1.82, 2.24) is 9.55 Å². The van der Waals surface area contributed by atoms with Crippen LogP contribution in [0.2, 0.25) is 0 Å². The molecule has 0 aliphatic heterocycles. The van der Waals surface area contributed by atoms with Gasteiger partial charge in [-0.2, -0.15) is 0 Å². The van der Waals surface area contributed by atoms with E-state index in [1.54, 1.807) is 17.7 Å². The first-order valence-electron chi connectivity index (χ1n) is 5.38. The summed E-state index contributed by atoms with van der Waals surface area (Å²) in [7, 11) is -3.30. The molecule has 4 nitrogen and oxygen atoms in total. The molecule has 1 aromatic heterocycles. The van der Waals surface area contributed by atoms with Crippen LogP contribution in [0.4, 0.5) is 0 Å². The highest BCUT2D eigenvalue weighted by atomic mass is 32.2. The summed E-state index contributed by atoms with van der Waals surface area (Å²) in [6.45, 7) is 3.56. The Kier molecular flexibility index (Phi) is 3.02. The third kappa shape index (κ3) is 2.10. The number of hydrogen-bond acceptors (Lipinski definition) is 3. The van der Waals surface area contributed by atoms with E-state index in [0.717, 1.165) is 11.3 Å². The van der Waals surface area contributed by atoms with E-state index in [2.05, 4.69) is 4.98 Å². The zero-order valence-electron chi connectivity index (χ0n) is 9.79. The van der Waals surface area contributed by atoms with Crippen molar-refractivity contribution in [3.8, 4) is 5.69 Å². The van der Waals surface area contributed by atoms with Crippen LogP contribution in [0.3, 0.4) is 0 Å². The maximum atomic E-state index is 11.9. The molecule has 90 valence electrons. The van der Waals surface area contributed by atoms with Crippen molar-refractivity contribution in [3.05, 3.63) is 42.2 Å². The molecular formula is C12H14N2O2S. The molecule has 0 radical (unpaired) electrons. The Morgan fingerprint density at radius 2 is 2.00 bits per heavy atom. The van der Waals surface area contributed by atoms with Crippen molar-refractivity contribution in [3.63, 3.8) is 0 Å². The molecule has 0 saturated heterocycles. The van der Waals surface area contributed by atoms with Crippen LogP contribution >= 0.6 is 0 Å². The summed E-state index contributed by atoms with van der Waals surface area (Å²) in [6.07, 6.45) is 3.18. The molecule has 2 rings (SSSR count). The third-order valence-corrected chi connectivity index (χ3v) is 4.26. The highest BCUT2D eigenvalue weighted by Crippen LogP contribution is 2.18. The molecule has 0 aliphatic rings. The molecule has 17 heavy (non-hydrogen) atoms. The number of sulfone groups is 1. The minimum absolute atomic E-state index is 0.0515. The van der Waals surface area contributed by atoms with Crippen LogP contribution in [0.25, 0.3) is 5.69 Å². The van der Waals surface area contributed by atoms with Gasteiger partial charge in [0.25, 0.3) is 0 Å². The van der Waals surface area contributed by atoms with Crippen molar-refractivity contribution in [2.24, 2.45) is 0 Å². The van der Waals surface area contributed by atoms with E-state index in [1.165, 1.54) is 6.20 Å². The summed E-state index contributed by atoms with van der Waals surface area (Å²) >= 11 is 0. The predicted octanol–water partition coefficient (Wildman–Crippen LogP) is 1.97. The largest absolute Gasteiger partial charge is 0.290 e. The van der Waals surface area contributed by atoms with Crippen LogP contribution in [0.5, 0.6) is 0 Å². The van der Waals surface area contributed by atoms with Crippen LogP contribution in [-0.2, 0) is 9.84 Å². The monoisotopic (exact) mass is 250 g/mol. The van der Waals surface area contributed by atoms with Crippen molar-refractivity contribution >= 4 is 9.84 Å². The number of para-hydroxylation sites is 1. The lowest BCUT2D eigenvalue weighted by Gasteiger charge is -2.09. The Bertz CT molecular complexity index is 629. The van der Waals surface area contributed by atoms with Gasteiger partial charge in [-0.05, 0) is 18.6 Å². The fourth-order valence-corrected chi connectivity index (χ4v) is 2.60. The molecule has 0 fully saturated rings. The number of imidazole rings is 1. The lowest BCUT2D eigenvalue weighted by atomic mass is 10.2. The lowest BCUT2D eigenvalue weighted by molar-refractivity contribution is 0.585. The van der Waals surface area contributed by atoms with Gasteiger partial charge in [-0.25, -0.2) is 13.4 Å². The molecule has 1 aromatic carbocycles. The maximum Gasteiger partial charge on any atom is 0.232 e. The normalized spacial score (nSPS) is 11.6. The fourth-order valence-electron chi connectivity index (χ4n) is 1.67. The Labute approximate surface area is 101 Å². The van der Waals surface area contributed by atoms with E-state index < -0.39 is 9.84 Å². The quantitative estimate of drug-likeness (QED) is 0.837. The molecule has 0 unspecified atom stereocenters. The number of hydrogen-bond donors (Lipinski definition) is 0. The molecule has 0 amide bonds. The van der Waals surface area contributed by atoms with Crippen molar-refractivity contribution in [2.75, 3.05) is 5.75 Å². The molecule has 0 spiro atoms. The van der Waals surface area contributed by atoms with Crippen LogP contribution < -0.4 is 0 Å². The number of aromatic nitrogens is 2. The molecule has 0 saturated carbocycles. The van der Waals surface area contributed by atoms with Crippen LogP contribution in [-0.4, -0.2) is 23.7 Å². The van der Waals surface area contributed by atoms with Crippen molar-refractivity contribution in [1.29, 1.82) is 0 Å². The third-order valence-electron chi connectivity index (χ3n) is 2.64. The highest BCUT2D eigenvalue weighted by molar-refractivity contribution is 7.91. The summed E-state index contributed by atoms with van der Waals surface area (Å²) in [5.74, 6) is 0.0515. The number of rotatable bonds is 3. The molecule has 0 bridgehead atoms. The summed E-state index contributed by atoms with van der Waals surface area (Å²) in [6, 6.07) is 7.62. The van der Waals surface area contributed by atoms with E-state index >= 15 is 0 Å². The Hall–Kier alpha value is -1.62. The molecule has 2 aromatic rings. The SMILES string of the molecule is CCS(=O)(=O)c1nccn1-c1ccccc1C. The number of aryl methyl sites for hydroxylation is 1. The molecule has 5 heteroatoms. The zero-order chi connectivity index (χ0) is 12.5. The molecule has 0 aliphatic carbocycles. The first-order valence-corrected chi connectivity index (χ1v) is 7.03. The predicted molar refractivity (Wildman–Crippen MR) is 66.0 cm³/mol. The van der Waals surface area contributed by atoms with Crippen molar-refractivity contribution < 1.29 is 8.42 Å². The first kappa shape index (κ1) is 11.9. The summed E-state index contributed by atoms with van der Waals surface area (Å²) in [4.78, 5) is 3.95. The summed E-state index contributed by atoms with van der Waals surface area (Å²) in [5, 5.41) is 0.106. The molecular weight excluding hydrogens is 236 g/mol. The molecule has 0 N–H and O–H groups in total. The van der Waals surface area contributed by atoms with Crippen LogP contribution in [0.15, 0.2) is 41.8 Å². The minimum atomic E-state index is -3.30. The van der Waals surface area contributed by atoms with Gasteiger partial charge in [-0.15, -0.1) is 0 Å². The smallest absolute Gasteiger partial charge is 0.232 e. The first-order chi connectivity index (χ1) is 8.06. The maximum absolute atomic E-state index is 11.9. The average Bonchev–Trinajstić information content (AvgIpc) is 2.79. The Balaban J connectivity index is 2.64. The van der Waals surface area contributed by atoms with E-state index in [0.29, 0.717) is 0 Å². The van der Waals surface area contributed by atoms with Gasteiger partial charge >= 0.3 is 0 Å². The lowest BCUT2D eigenvalue weighted by Crippen LogP contribution is -2.11. The van der Waals surface area contributed by atoms with Gasteiger partial charge in [-0.3, -0.25) is 4.57 Å². The van der Waals surface area contributed by atoms with Gasteiger partial charge in [0, 0.05) is 12.4 Å². The standard InChI is InChI=1S/C12H14N2O2S/c1-3-17(15,16)12-13-8-9-14(12)11-7-5-4-6-10(11)2/h4-9H,3H2,1-2H3. The molecule has 0 atom stereocenters. The van der Waals surface area contributed by atoms with Gasteiger partial charge in [0.1, 0.15) is 0 Å². The van der Waals surface area contributed by atoms with Gasteiger partial charge in [0.15, 0.2) is 0 Å².